The number of nitrogens with zero attached hydrogens (tertiary/aromatic N) is 1. The standard InChI is InChI=1S/C21H28FN3O2/c22-16-9-6-14(7-10-16)13-23-20(26)19-15-8-11-18(12-15)25(19)21(27)24-17-4-2-1-3-5-17/h6-7,9-10,15,17-19H,1-5,8,11-13H2,(H,23,26)(H,24,27)/t15-,18-,19-/m0/s1. The lowest BCUT2D eigenvalue weighted by atomic mass is 9.95. The van der Waals surface area contributed by atoms with Crippen LogP contribution in [0.5, 0.6) is 0 Å². The molecule has 1 heterocycles. The number of hydrogen-bond donors (Lipinski definition) is 2. The normalized spacial score (nSPS) is 27.6. The first-order valence-corrected chi connectivity index (χ1v) is 10.2. The summed E-state index contributed by atoms with van der Waals surface area (Å²) in [6, 6.07) is 6.09. The predicted octanol–water partition coefficient (Wildman–Crippen LogP) is 3.34. The van der Waals surface area contributed by atoms with Gasteiger partial charge in [0, 0.05) is 18.6 Å². The van der Waals surface area contributed by atoms with Crippen LogP contribution < -0.4 is 10.6 Å². The van der Waals surface area contributed by atoms with Gasteiger partial charge in [0.25, 0.3) is 0 Å². The molecule has 6 heteroatoms. The molecule has 5 nitrogen and oxygen atoms in total. The zero-order valence-electron chi connectivity index (χ0n) is 15.6. The van der Waals surface area contributed by atoms with Gasteiger partial charge in [-0.1, -0.05) is 31.4 Å². The van der Waals surface area contributed by atoms with Gasteiger partial charge in [0.1, 0.15) is 11.9 Å². The van der Waals surface area contributed by atoms with Crippen LogP contribution in [0.4, 0.5) is 9.18 Å². The number of piperidine rings is 1. The van der Waals surface area contributed by atoms with E-state index in [2.05, 4.69) is 10.6 Å². The molecule has 2 aliphatic carbocycles. The van der Waals surface area contributed by atoms with E-state index < -0.39 is 0 Å². The Labute approximate surface area is 159 Å². The summed E-state index contributed by atoms with van der Waals surface area (Å²) >= 11 is 0. The van der Waals surface area contributed by atoms with E-state index in [0.29, 0.717) is 6.54 Å². The average Bonchev–Trinajstić information content (AvgIpc) is 3.29. The summed E-state index contributed by atoms with van der Waals surface area (Å²) in [6.45, 7) is 0.352. The van der Waals surface area contributed by atoms with Crippen LogP contribution in [0.3, 0.4) is 0 Å². The third-order valence-electron chi connectivity index (χ3n) is 6.40. The van der Waals surface area contributed by atoms with Crippen LogP contribution >= 0.6 is 0 Å². The van der Waals surface area contributed by atoms with Crippen LogP contribution in [0.1, 0.15) is 56.9 Å². The van der Waals surface area contributed by atoms with Crippen molar-refractivity contribution in [3.8, 4) is 0 Å². The van der Waals surface area contributed by atoms with Crippen molar-refractivity contribution in [1.82, 2.24) is 15.5 Å². The van der Waals surface area contributed by atoms with E-state index in [1.165, 1.54) is 31.4 Å². The van der Waals surface area contributed by atoms with E-state index in [9.17, 15) is 14.0 Å². The number of carbonyl (C=O) groups excluding carboxylic acids is 2. The van der Waals surface area contributed by atoms with Gasteiger partial charge in [-0.05, 0) is 55.7 Å². The molecule has 0 radical (unpaired) electrons. The van der Waals surface area contributed by atoms with Crippen molar-refractivity contribution in [2.45, 2.75) is 76.0 Å². The highest BCUT2D eigenvalue weighted by molar-refractivity contribution is 5.88. The Bertz CT molecular complexity index is 687. The summed E-state index contributed by atoms with van der Waals surface area (Å²) in [5, 5.41) is 6.13. The third kappa shape index (κ3) is 3.94. The van der Waals surface area contributed by atoms with Gasteiger partial charge in [-0.2, -0.15) is 0 Å². The minimum absolute atomic E-state index is 0.0731. The molecule has 1 saturated heterocycles. The SMILES string of the molecule is O=C(NCc1ccc(F)cc1)[C@@H]1[C@H]2CC[C@@H](C2)N1C(=O)NC1CCCCC1. The van der Waals surface area contributed by atoms with Crippen LogP contribution in [0.2, 0.25) is 0 Å². The molecular weight excluding hydrogens is 345 g/mol. The fraction of sp³-hybridized carbons (Fsp3) is 0.619. The van der Waals surface area contributed by atoms with Crippen molar-refractivity contribution >= 4 is 11.9 Å². The minimum atomic E-state index is -0.382. The van der Waals surface area contributed by atoms with Crippen molar-refractivity contribution in [2.75, 3.05) is 0 Å². The highest BCUT2D eigenvalue weighted by Gasteiger charge is 2.51. The van der Waals surface area contributed by atoms with Crippen LogP contribution in [-0.4, -0.2) is 35.0 Å². The Hall–Kier alpha value is -2.11. The van der Waals surface area contributed by atoms with Crippen molar-refractivity contribution in [2.24, 2.45) is 5.92 Å². The van der Waals surface area contributed by atoms with Crippen molar-refractivity contribution in [1.29, 1.82) is 0 Å². The molecule has 4 rings (SSSR count). The first-order valence-electron chi connectivity index (χ1n) is 10.2. The number of benzene rings is 1. The number of rotatable bonds is 4. The molecule has 2 saturated carbocycles. The minimum Gasteiger partial charge on any atom is -0.350 e. The molecule has 1 aromatic carbocycles. The van der Waals surface area contributed by atoms with E-state index in [1.54, 1.807) is 12.1 Å². The van der Waals surface area contributed by atoms with Gasteiger partial charge < -0.3 is 15.5 Å². The van der Waals surface area contributed by atoms with Crippen LogP contribution in [-0.2, 0) is 11.3 Å². The topological polar surface area (TPSA) is 61.4 Å². The maximum atomic E-state index is 13.0. The van der Waals surface area contributed by atoms with Crippen molar-refractivity contribution < 1.29 is 14.0 Å². The predicted molar refractivity (Wildman–Crippen MR) is 100 cm³/mol. The van der Waals surface area contributed by atoms with E-state index in [1.807, 2.05) is 4.90 Å². The fourth-order valence-corrected chi connectivity index (χ4v) is 5.01. The molecule has 27 heavy (non-hydrogen) atoms. The van der Waals surface area contributed by atoms with Gasteiger partial charge in [-0.15, -0.1) is 0 Å². The summed E-state index contributed by atoms with van der Waals surface area (Å²) in [5.41, 5.74) is 0.853. The summed E-state index contributed by atoms with van der Waals surface area (Å²) in [7, 11) is 0. The molecule has 0 aromatic heterocycles. The van der Waals surface area contributed by atoms with Crippen molar-refractivity contribution in [3.63, 3.8) is 0 Å². The molecule has 1 aromatic rings. The molecule has 1 aliphatic heterocycles. The highest BCUT2D eigenvalue weighted by atomic mass is 19.1. The number of urea groups is 1. The lowest BCUT2D eigenvalue weighted by Gasteiger charge is -2.36. The Kier molecular flexibility index (Phi) is 5.32. The molecule has 3 fully saturated rings. The van der Waals surface area contributed by atoms with Gasteiger partial charge in [0.15, 0.2) is 0 Å². The molecule has 2 bridgehead atoms. The Morgan fingerprint density at radius 2 is 1.78 bits per heavy atom. The van der Waals surface area contributed by atoms with E-state index >= 15 is 0 Å². The van der Waals surface area contributed by atoms with E-state index in [0.717, 1.165) is 37.7 Å². The largest absolute Gasteiger partial charge is 0.350 e. The monoisotopic (exact) mass is 373 g/mol. The number of amides is 3. The summed E-state index contributed by atoms with van der Waals surface area (Å²) in [4.78, 5) is 27.6. The van der Waals surface area contributed by atoms with E-state index in [4.69, 9.17) is 0 Å². The van der Waals surface area contributed by atoms with Gasteiger partial charge in [0.2, 0.25) is 5.91 Å². The average molecular weight is 373 g/mol. The first kappa shape index (κ1) is 18.3. The molecule has 0 spiro atoms. The molecule has 3 aliphatic rings. The van der Waals surface area contributed by atoms with Gasteiger partial charge in [-0.25, -0.2) is 9.18 Å². The van der Waals surface area contributed by atoms with Crippen LogP contribution in [0.25, 0.3) is 0 Å². The van der Waals surface area contributed by atoms with Crippen LogP contribution in [0.15, 0.2) is 24.3 Å². The third-order valence-corrected chi connectivity index (χ3v) is 6.40. The molecule has 3 amide bonds. The fourth-order valence-electron chi connectivity index (χ4n) is 5.01. The second-order valence-electron chi connectivity index (χ2n) is 8.21. The number of fused-ring (bicyclic) bond motifs is 2. The second-order valence-corrected chi connectivity index (χ2v) is 8.21. The molecule has 0 unspecified atom stereocenters. The highest BCUT2D eigenvalue weighted by Crippen LogP contribution is 2.42. The number of likely N-dealkylation sites (tertiary alicyclic amines) is 1. The number of nitrogens with one attached hydrogen (secondary N) is 2. The number of hydrogen-bond acceptors (Lipinski definition) is 2. The molecular formula is C21H28FN3O2. The maximum Gasteiger partial charge on any atom is 0.318 e. The van der Waals surface area contributed by atoms with Gasteiger partial charge >= 0.3 is 6.03 Å². The maximum absolute atomic E-state index is 13.0. The van der Waals surface area contributed by atoms with Crippen molar-refractivity contribution in [3.05, 3.63) is 35.6 Å². The van der Waals surface area contributed by atoms with Gasteiger partial charge in [-0.3, -0.25) is 4.79 Å². The summed E-state index contributed by atoms with van der Waals surface area (Å²) in [5.74, 6) is -0.130. The van der Waals surface area contributed by atoms with Crippen LogP contribution in [0, 0.1) is 11.7 Å². The lowest BCUT2D eigenvalue weighted by Crippen LogP contribution is -2.57. The number of halogens is 1. The smallest absolute Gasteiger partial charge is 0.318 e. The molecule has 2 N–H and O–H groups in total. The van der Waals surface area contributed by atoms with Gasteiger partial charge in [0.05, 0.1) is 0 Å². The summed E-state index contributed by atoms with van der Waals surface area (Å²) < 4.78 is 13.0. The zero-order chi connectivity index (χ0) is 18.8. The first-order chi connectivity index (χ1) is 13.1. The molecule has 3 atom stereocenters. The zero-order valence-corrected chi connectivity index (χ0v) is 15.6. The Morgan fingerprint density at radius 1 is 1.04 bits per heavy atom. The quantitative estimate of drug-likeness (QED) is 0.850. The number of carbonyl (C=O) groups is 2. The summed E-state index contributed by atoms with van der Waals surface area (Å²) in [6.07, 6.45) is 8.57. The lowest BCUT2D eigenvalue weighted by molar-refractivity contribution is -0.127. The Balaban J connectivity index is 1.39. The second kappa shape index (κ2) is 7.87. The molecule has 146 valence electrons. The van der Waals surface area contributed by atoms with E-state index in [-0.39, 0.29) is 41.8 Å². The Morgan fingerprint density at radius 3 is 2.52 bits per heavy atom.